The molecule has 0 aromatic rings. The number of esters is 7. The van der Waals surface area contributed by atoms with Gasteiger partial charge in [-0.25, -0.2) is 28.8 Å². The molecular weight excluding hydrogens is 905 g/mol. The summed E-state index contributed by atoms with van der Waals surface area (Å²) >= 11 is 0. The molecule has 0 atom stereocenters. The third-order valence-electron chi connectivity index (χ3n) is 12.6. The maximum Gasteiger partial charge on any atom is 0.344 e. The number of aliphatic hydroxyl groups excluding tert-OH is 1. The van der Waals surface area contributed by atoms with Crippen molar-refractivity contribution in [1.29, 1.82) is 0 Å². The monoisotopic (exact) mass is 976 g/mol. The zero-order valence-corrected chi connectivity index (χ0v) is 41.1. The van der Waals surface area contributed by atoms with Crippen molar-refractivity contribution in [2.75, 3.05) is 19.8 Å². The fourth-order valence-electron chi connectivity index (χ4n) is 8.80. The summed E-state index contributed by atoms with van der Waals surface area (Å²) in [6, 6.07) is 0. The minimum Gasteiger partial charge on any atom is -0.481 e. The molecule has 3 spiro atoms. The number of hydrogen-bond acceptors (Lipinski definition) is 17. The molecule has 386 valence electrons. The van der Waals surface area contributed by atoms with Gasteiger partial charge in [-0.3, -0.25) is 14.4 Å². The van der Waals surface area contributed by atoms with E-state index in [1.54, 1.807) is 41.5 Å². The number of rotatable bonds is 17. The summed E-state index contributed by atoms with van der Waals surface area (Å²) in [6.07, 6.45) is 16.5. The van der Waals surface area contributed by atoms with E-state index in [2.05, 4.69) is 29.2 Å². The molecule has 0 heterocycles. The molecule has 6 saturated carbocycles. The fraction of sp³-hybridized carbons (Fsp3) is 0.700. The van der Waals surface area contributed by atoms with Gasteiger partial charge in [0.25, 0.3) is 0 Å². The first-order valence-corrected chi connectivity index (χ1v) is 23.4. The highest BCUT2D eigenvalue weighted by Gasteiger charge is 2.51. The number of ether oxygens (including phenoxy) is 7. The van der Waals surface area contributed by atoms with Gasteiger partial charge in [-0.05, 0) is 135 Å². The lowest BCUT2D eigenvalue weighted by atomic mass is 9.55. The summed E-state index contributed by atoms with van der Waals surface area (Å²) in [4.78, 5) is 101. The summed E-state index contributed by atoms with van der Waals surface area (Å²) in [5, 5.41) is 25.7. The van der Waals surface area contributed by atoms with Crippen molar-refractivity contribution >= 4 is 53.7 Å². The van der Waals surface area contributed by atoms with Crippen LogP contribution in [0.1, 0.15) is 157 Å². The van der Waals surface area contributed by atoms with E-state index in [-0.39, 0.29) is 47.9 Å². The Morgan fingerprint density at radius 1 is 0.464 bits per heavy atom. The summed E-state index contributed by atoms with van der Waals surface area (Å²) < 4.78 is 34.2. The van der Waals surface area contributed by atoms with Crippen LogP contribution in [0.5, 0.6) is 0 Å². The van der Waals surface area contributed by atoms with Crippen molar-refractivity contribution in [3.8, 4) is 0 Å². The molecule has 0 radical (unpaired) electrons. The first-order chi connectivity index (χ1) is 31.9. The van der Waals surface area contributed by atoms with Gasteiger partial charge in [0, 0.05) is 16.7 Å². The van der Waals surface area contributed by atoms with Crippen LogP contribution in [0.2, 0.25) is 0 Å². The molecule has 19 heteroatoms. The molecule has 6 aliphatic rings. The Kier molecular flexibility index (Phi) is 20.8. The van der Waals surface area contributed by atoms with Gasteiger partial charge >= 0.3 is 53.7 Å². The zero-order chi connectivity index (χ0) is 52.0. The van der Waals surface area contributed by atoms with Gasteiger partial charge in [-0.15, -0.1) is 0 Å². The number of aliphatic carboxylic acids is 2. The first kappa shape index (κ1) is 57.7. The Morgan fingerprint density at radius 3 is 1.01 bits per heavy atom. The highest BCUT2D eigenvalue weighted by Crippen LogP contribution is 2.58. The van der Waals surface area contributed by atoms with Crippen LogP contribution in [0, 0.1) is 16.2 Å². The van der Waals surface area contributed by atoms with Gasteiger partial charge in [-0.1, -0.05) is 39.0 Å². The first-order valence-electron chi connectivity index (χ1n) is 23.4. The van der Waals surface area contributed by atoms with Crippen LogP contribution >= 0.6 is 0 Å². The highest BCUT2D eigenvalue weighted by molar-refractivity contribution is 5.95. The number of carbonyl (C=O) groups excluding carboxylic acids is 7. The lowest BCUT2D eigenvalue weighted by Gasteiger charge is -2.53. The molecule has 0 saturated heterocycles. The molecule has 69 heavy (non-hydrogen) atoms. The number of hydrogen-bond donors (Lipinski definition) is 3. The maximum atomic E-state index is 11.8. The average molecular weight is 977 g/mol. The second-order valence-corrected chi connectivity index (χ2v) is 21.2. The van der Waals surface area contributed by atoms with E-state index in [0.29, 0.717) is 16.2 Å². The highest BCUT2D eigenvalue weighted by atomic mass is 16.6. The van der Waals surface area contributed by atoms with Crippen LogP contribution in [-0.2, 0) is 76.3 Å². The Balaban J connectivity index is 0.000000255. The summed E-state index contributed by atoms with van der Waals surface area (Å²) in [7, 11) is 0. The topological polar surface area (TPSA) is 279 Å². The number of aliphatic hydroxyl groups is 1. The van der Waals surface area contributed by atoms with Gasteiger partial charge in [0.15, 0.2) is 19.8 Å². The lowest BCUT2D eigenvalue weighted by Crippen LogP contribution is -2.47. The molecule has 3 N–H and O–H groups in total. The quantitative estimate of drug-likeness (QED) is 0.0814. The third kappa shape index (κ3) is 20.5. The Bertz CT molecular complexity index is 1930. The number of carboxylic acids is 2. The Hall–Kier alpha value is -5.59. The van der Waals surface area contributed by atoms with E-state index in [9.17, 15) is 43.2 Å². The molecular formula is C50H72O19. The van der Waals surface area contributed by atoms with Gasteiger partial charge in [0.2, 0.25) is 0 Å². The van der Waals surface area contributed by atoms with Crippen LogP contribution in [-0.4, -0.2) is 118 Å². The van der Waals surface area contributed by atoms with Crippen LogP contribution in [0.4, 0.5) is 0 Å². The van der Waals surface area contributed by atoms with E-state index in [4.69, 9.17) is 39.0 Å². The van der Waals surface area contributed by atoms with Crippen LogP contribution in [0.15, 0.2) is 36.5 Å². The zero-order valence-electron chi connectivity index (χ0n) is 41.1. The minimum absolute atomic E-state index is 0.0266. The van der Waals surface area contributed by atoms with Crippen molar-refractivity contribution in [2.24, 2.45) is 16.2 Å². The maximum absolute atomic E-state index is 11.8. The number of carboxylic acid groups (broad SMARTS) is 2. The largest absolute Gasteiger partial charge is 0.481 e. The minimum atomic E-state index is -1.26. The van der Waals surface area contributed by atoms with Crippen molar-refractivity contribution in [2.45, 2.75) is 187 Å². The Labute approximate surface area is 403 Å². The predicted octanol–water partition coefficient (Wildman–Crippen LogP) is 6.34. The molecule has 0 aromatic heterocycles. The van der Waals surface area contributed by atoms with Crippen LogP contribution in [0.25, 0.3) is 0 Å². The lowest BCUT2D eigenvalue weighted by molar-refractivity contribution is -0.169. The molecule has 0 unspecified atom stereocenters. The van der Waals surface area contributed by atoms with Crippen molar-refractivity contribution < 1.29 is 91.6 Å². The van der Waals surface area contributed by atoms with Crippen molar-refractivity contribution in [1.82, 2.24) is 0 Å². The summed E-state index contributed by atoms with van der Waals surface area (Å²) in [5.74, 6) is -7.37. The van der Waals surface area contributed by atoms with Gasteiger partial charge in [-0.2, -0.15) is 0 Å². The molecule has 6 rings (SSSR count). The van der Waals surface area contributed by atoms with Crippen molar-refractivity contribution in [3.63, 3.8) is 0 Å². The molecule has 0 amide bonds. The standard InChI is InChI=1S/C18H26O6.C14H18O6.C11H16O6.C7H12O/c1-12(16(21)22-11-15(20)24-17(2,3)4)8-14(19)23-13-9-18(10-13)6-5-7-18;1-9(13(18)19-8-11(15)16)5-12(17)20-10-6-14(7-10)3-2-4-14;1-7(5-8(12)13)10(15)16-6-9(14)17-11(2,3)4;8-6-4-7(5-6)2-1-3-7/h13H,1,5-11H2,2-4H3;10H,1-8H2,(H,15,16);1,5-6H2,2-4H3,(H,12,13);6,8H,1-5H2. The number of carbonyl (C=O) groups is 9. The van der Waals surface area contributed by atoms with E-state index in [0.717, 1.165) is 38.5 Å². The van der Waals surface area contributed by atoms with Crippen LogP contribution < -0.4 is 0 Å². The van der Waals surface area contributed by atoms with E-state index < -0.39 is 91.2 Å². The van der Waals surface area contributed by atoms with Crippen LogP contribution in [0.3, 0.4) is 0 Å². The van der Waals surface area contributed by atoms with E-state index >= 15 is 0 Å². The van der Waals surface area contributed by atoms with Crippen molar-refractivity contribution in [3.05, 3.63) is 36.5 Å². The van der Waals surface area contributed by atoms with Gasteiger partial charge < -0.3 is 48.5 Å². The smallest absolute Gasteiger partial charge is 0.344 e. The fourth-order valence-corrected chi connectivity index (χ4v) is 8.80. The Morgan fingerprint density at radius 2 is 0.768 bits per heavy atom. The summed E-state index contributed by atoms with van der Waals surface area (Å²) in [5.41, 5.74) is -0.140. The second kappa shape index (κ2) is 24.8. The molecule has 19 nitrogen and oxygen atoms in total. The third-order valence-corrected chi connectivity index (χ3v) is 12.6. The average Bonchev–Trinajstić information content (AvgIpc) is 3.12. The van der Waals surface area contributed by atoms with Gasteiger partial charge in [0.05, 0.1) is 25.4 Å². The molecule has 0 aliphatic heterocycles. The SMILES string of the molecule is C=C(CC(=O)O)C(=O)OCC(=O)OC(C)(C)C.C=C(CC(=O)OC1CC2(CCC2)C1)C(=O)OCC(=O)O.C=C(CC(=O)OC1CC2(CCC2)C1)C(=O)OCC(=O)OC(C)(C)C.OC1CC2(CCC2)C1. The molecule has 6 fully saturated rings. The molecule has 0 bridgehead atoms. The van der Waals surface area contributed by atoms with E-state index in [1.165, 1.54) is 57.8 Å². The normalized spacial score (nSPS) is 20.4. The summed E-state index contributed by atoms with van der Waals surface area (Å²) in [6.45, 7) is 18.6. The van der Waals surface area contributed by atoms with E-state index in [1.807, 2.05) is 0 Å². The molecule has 0 aromatic carbocycles. The second-order valence-electron chi connectivity index (χ2n) is 21.2. The molecule has 6 aliphatic carbocycles. The van der Waals surface area contributed by atoms with Gasteiger partial charge in [0.1, 0.15) is 23.4 Å². The predicted molar refractivity (Wildman–Crippen MR) is 243 cm³/mol.